The van der Waals surface area contributed by atoms with Gasteiger partial charge in [-0.3, -0.25) is 4.79 Å². The van der Waals surface area contributed by atoms with E-state index in [2.05, 4.69) is 19.9 Å². The fourth-order valence-corrected chi connectivity index (χ4v) is 3.89. The van der Waals surface area contributed by atoms with E-state index >= 15 is 0 Å². The standard InChI is InChI=1S/C25H23FN4O4/c1-2-19(24(32)33)23(15-3-5-17(26)6-4-15)20-9-10-29-25(30-20)34-21-8-7-18(31)13-16(21)14-22-27-11-12-28-22/h3-13,19,23,31H,2,14H2,1H3,(H,27,28)(H,32,33). The van der Waals surface area contributed by atoms with Crippen LogP contribution in [0, 0.1) is 11.7 Å². The maximum absolute atomic E-state index is 13.5. The second-order valence-corrected chi connectivity index (χ2v) is 7.75. The Bertz CT molecular complexity index is 1260. The van der Waals surface area contributed by atoms with Gasteiger partial charge in [-0.15, -0.1) is 0 Å². The van der Waals surface area contributed by atoms with Crippen LogP contribution < -0.4 is 4.74 Å². The number of ether oxygens (including phenoxy) is 1. The van der Waals surface area contributed by atoms with Gasteiger partial charge in [0.25, 0.3) is 0 Å². The fourth-order valence-electron chi connectivity index (χ4n) is 3.89. The van der Waals surface area contributed by atoms with Crippen molar-refractivity contribution in [2.45, 2.75) is 25.7 Å². The van der Waals surface area contributed by atoms with E-state index in [4.69, 9.17) is 4.74 Å². The van der Waals surface area contributed by atoms with Gasteiger partial charge in [-0.05, 0) is 48.4 Å². The topological polar surface area (TPSA) is 121 Å². The van der Waals surface area contributed by atoms with Crippen molar-refractivity contribution >= 4 is 5.97 Å². The third-order valence-electron chi connectivity index (χ3n) is 5.52. The molecule has 9 heteroatoms. The number of H-pyrrole nitrogens is 1. The number of nitrogens with zero attached hydrogens (tertiary/aromatic N) is 3. The highest BCUT2D eigenvalue weighted by Crippen LogP contribution is 2.35. The van der Waals surface area contributed by atoms with Gasteiger partial charge < -0.3 is 19.9 Å². The van der Waals surface area contributed by atoms with Gasteiger partial charge in [0.2, 0.25) is 0 Å². The highest BCUT2D eigenvalue weighted by molar-refractivity contribution is 5.72. The number of hydrogen-bond donors (Lipinski definition) is 3. The number of aromatic hydroxyl groups is 1. The number of hydrogen-bond acceptors (Lipinski definition) is 6. The van der Waals surface area contributed by atoms with E-state index in [9.17, 15) is 19.4 Å². The van der Waals surface area contributed by atoms with Gasteiger partial charge in [-0.2, -0.15) is 4.98 Å². The number of phenolic OH excluding ortho intramolecular Hbond substituents is 1. The molecule has 2 atom stereocenters. The summed E-state index contributed by atoms with van der Waals surface area (Å²) < 4.78 is 19.5. The van der Waals surface area contributed by atoms with Gasteiger partial charge in [-0.1, -0.05) is 19.1 Å². The number of halogens is 1. The Morgan fingerprint density at radius 1 is 1.12 bits per heavy atom. The van der Waals surface area contributed by atoms with Gasteiger partial charge >= 0.3 is 12.0 Å². The minimum absolute atomic E-state index is 0.0243. The summed E-state index contributed by atoms with van der Waals surface area (Å²) in [7, 11) is 0. The fraction of sp³-hybridized carbons (Fsp3) is 0.200. The number of aromatic amines is 1. The molecule has 2 heterocycles. The molecule has 174 valence electrons. The van der Waals surface area contributed by atoms with Crippen molar-refractivity contribution < 1.29 is 24.1 Å². The maximum Gasteiger partial charge on any atom is 0.322 e. The summed E-state index contributed by atoms with van der Waals surface area (Å²) in [6.45, 7) is 1.78. The molecule has 0 amide bonds. The number of carbonyl (C=O) groups is 1. The number of carboxylic acids is 1. The molecule has 0 bridgehead atoms. The van der Waals surface area contributed by atoms with Crippen LogP contribution >= 0.6 is 0 Å². The first-order valence-corrected chi connectivity index (χ1v) is 10.7. The lowest BCUT2D eigenvalue weighted by Gasteiger charge is -2.23. The van der Waals surface area contributed by atoms with Crippen LogP contribution in [0.3, 0.4) is 0 Å². The van der Waals surface area contributed by atoms with Crippen LogP contribution in [-0.4, -0.2) is 36.1 Å². The van der Waals surface area contributed by atoms with Crippen molar-refractivity contribution in [2.75, 3.05) is 0 Å². The number of benzene rings is 2. The van der Waals surface area contributed by atoms with Crippen molar-refractivity contribution in [1.82, 2.24) is 19.9 Å². The van der Waals surface area contributed by atoms with Crippen molar-refractivity contribution in [3.05, 3.63) is 95.6 Å². The monoisotopic (exact) mass is 462 g/mol. The number of phenols is 1. The lowest BCUT2D eigenvalue weighted by Crippen LogP contribution is -2.23. The quantitative estimate of drug-likeness (QED) is 0.330. The molecule has 3 N–H and O–H groups in total. The summed E-state index contributed by atoms with van der Waals surface area (Å²) in [5.41, 5.74) is 1.73. The summed E-state index contributed by atoms with van der Waals surface area (Å²) in [5.74, 6) is -1.60. The Morgan fingerprint density at radius 3 is 2.59 bits per heavy atom. The Hall–Kier alpha value is -4.27. The lowest BCUT2D eigenvalue weighted by atomic mass is 9.82. The van der Waals surface area contributed by atoms with Crippen LogP contribution in [0.15, 0.2) is 67.1 Å². The molecule has 0 aliphatic rings. The van der Waals surface area contributed by atoms with E-state index in [1.165, 1.54) is 24.4 Å². The predicted octanol–water partition coefficient (Wildman–Crippen LogP) is 4.67. The van der Waals surface area contributed by atoms with E-state index in [-0.39, 0.29) is 11.8 Å². The summed E-state index contributed by atoms with van der Waals surface area (Å²) >= 11 is 0. The summed E-state index contributed by atoms with van der Waals surface area (Å²) in [6, 6.07) is 12.0. The minimum Gasteiger partial charge on any atom is -0.508 e. The Morgan fingerprint density at radius 2 is 1.91 bits per heavy atom. The number of aromatic nitrogens is 4. The molecule has 0 aliphatic carbocycles. The molecule has 0 aliphatic heterocycles. The first kappa shape index (κ1) is 22.9. The molecule has 0 saturated heterocycles. The highest BCUT2D eigenvalue weighted by Gasteiger charge is 2.31. The molecule has 4 rings (SSSR count). The zero-order valence-corrected chi connectivity index (χ0v) is 18.4. The molecule has 8 nitrogen and oxygen atoms in total. The number of rotatable bonds is 9. The second kappa shape index (κ2) is 10.1. The Balaban J connectivity index is 1.69. The van der Waals surface area contributed by atoms with Crippen molar-refractivity contribution in [2.24, 2.45) is 5.92 Å². The van der Waals surface area contributed by atoms with E-state index < -0.39 is 23.6 Å². The molecule has 0 saturated carbocycles. The molecule has 2 aromatic heterocycles. The molecule has 34 heavy (non-hydrogen) atoms. The third kappa shape index (κ3) is 5.20. The SMILES string of the molecule is CCC(C(=O)O)C(c1ccc(F)cc1)c1ccnc(Oc2ccc(O)cc2Cc2ncc[nH]2)n1. The van der Waals surface area contributed by atoms with E-state index in [1.54, 1.807) is 49.6 Å². The van der Waals surface area contributed by atoms with Crippen LogP contribution in [0.1, 0.15) is 41.9 Å². The Labute approximate surface area is 195 Å². The smallest absolute Gasteiger partial charge is 0.322 e. The van der Waals surface area contributed by atoms with Crippen molar-refractivity contribution in [3.8, 4) is 17.5 Å². The van der Waals surface area contributed by atoms with Crippen LogP contribution in [0.4, 0.5) is 4.39 Å². The van der Waals surface area contributed by atoms with E-state index in [0.717, 1.165) is 0 Å². The molecular weight excluding hydrogens is 439 g/mol. The summed E-state index contributed by atoms with van der Waals surface area (Å²) in [6.07, 6.45) is 5.56. The molecule has 2 aromatic carbocycles. The first-order valence-electron chi connectivity index (χ1n) is 10.7. The predicted molar refractivity (Wildman–Crippen MR) is 121 cm³/mol. The van der Waals surface area contributed by atoms with Gasteiger partial charge in [0.1, 0.15) is 23.1 Å². The molecule has 0 spiro atoms. The number of carboxylic acid groups (broad SMARTS) is 1. The molecular formula is C25H23FN4O4. The third-order valence-corrected chi connectivity index (χ3v) is 5.52. The minimum atomic E-state index is -0.975. The van der Waals surface area contributed by atoms with Crippen LogP contribution in [0.25, 0.3) is 0 Å². The second-order valence-electron chi connectivity index (χ2n) is 7.75. The van der Waals surface area contributed by atoms with Crippen LogP contribution in [0.5, 0.6) is 17.5 Å². The van der Waals surface area contributed by atoms with Crippen LogP contribution in [-0.2, 0) is 11.2 Å². The zero-order chi connectivity index (χ0) is 24.1. The van der Waals surface area contributed by atoms with Gasteiger partial charge in [0.15, 0.2) is 0 Å². The number of imidazole rings is 1. The Kier molecular flexibility index (Phi) is 6.82. The van der Waals surface area contributed by atoms with Crippen molar-refractivity contribution in [3.63, 3.8) is 0 Å². The highest BCUT2D eigenvalue weighted by atomic mass is 19.1. The van der Waals surface area contributed by atoms with Gasteiger partial charge in [-0.25, -0.2) is 14.4 Å². The molecule has 0 fully saturated rings. The first-order chi connectivity index (χ1) is 16.4. The average molecular weight is 462 g/mol. The zero-order valence-electron chi connectivity index (χ0n) is 18.4. The summed E-state index contributed by atoms with van der Waals surface area (Å²) in [5, 5.41) is 19.8. The molecule has 2 unspecified atom stereocenters. The average Bonchev–Trinajstić information content (AvgIpc) is 3.33. The normalized spacial score (nSPS) is 12.8. The largest absolute Gasteiger partial charge is 0.508 e. The number of nitrogens with one attached hydrogen (secondary N) is 1. The summed E-state index contributed by atoms with van der Waals surface area (Å²) in [4.78, 5) is 27.9. The molecule has 0 radical (unpaired) electrons. The van der Waals surface area contributed by atoms with E-state index in [0.29, 0.717) is 41.2 Å². The van der Waals surface area contributed by atoms with Crippen molar-refractivity contribution in [1.29, 1.82) is 0 Å². The van der Waals surface area contributed by atoms with Gasteiger partial charge in [0.05, 0.1) is 11.6 Å². The number of aliphatic carboxylic acids is 1. The van der Waals surface area contributed by atoms with Gasteiger partial charge in [0, 0.05) is 36.5 Å². The lowest BCUT2D eigenvalue weighted by molar-refractivity contribution is -0.142. The molecule has 4 aromatic rings. The maximum atomic E-state index is 13.5. The van der Waals surface area contributed by atoms with E-state index in [1.807, 2.05) is 0 Å². The van der Waals surface area contributed by atoms with Crippen LogP contribution in [0.2, 0.25) is 0 Å².